The second-order valence-electron chi connectivity index (χ2n) is 4.53. The smallest absolute Gasteiger partial charge is 0.230 e. The third-order valence-electron chi connectivity index (χ3n) is 3.35. The molecule has 0 radical (unpaired) electrons. The van der Waals surface area contributed by atoms with Gasteiger partial charge in [0.15, 0.2) is 0 Å². The van der Waals surface area contributed by atoms with Crippen LogP contribution in [0.4, 0.5) is 0 Å². The number of amides is 1. The van der Waals surface area contributed by atoms with Crippen LogP contribution in [0, 0.1) is 11.3 Å². The summed E-state index contributed by atoms with van der Waals surface area (Å²) in [4.78, 5) is 13.6. The van der Waals surface area contributed by atoms with Gasteiger partial charge in [-0.1, -0.05) is 0 Å². The summed E-state index contributed by atoms with van der Waals surface area (Å²) in [5.41, 5.74) is 0.459. The van der Waals surface area contributed by atoms with E-state index in [1.54, 1.807) is 0 Å². The quantitative estimate of drug-likeness (QED) is 0.569. The van der Waals surface area contributed by atoms with Gasteiger partial charge in [-0.05, 0) is 0 Å². The molecule has 0 unspecified atom stereocenters. The molecule has 13 heavy (non-hydrogen) atoms. The second kappa shape index (κ2) is 2.45. The molecule has 72 valence electrons. The van der Waals surface area contributed by atoms with Crippen LogP contribution in [0.25, 0.3) is 0 Å². The molecule has 3 heterocycles. The lowest BCUT2D eigenvalue weighted by Gasteiger charge is -2.56. The number of nitrogens with zero attached hydrogens (tertiary/aromatic N) is 1. The monoisotopic (exact) mass is 182 g/mol. The van der Waals surface area contributed by atoms with Crippen LogP contribution in [0.3, 0.4) is 0 Å². The Hall–Kier alpha value is -0.610. The largest absolute Gasteiger partial charge is 0.380 e. The lowest BCUT2D eigenvalue weighted by atomic mass is 9.74. The maximum atomic E-state index is 11.7. The summed E-state index contributed by atoms with van der Waals surface area (Å²) >= 11 is 0. The number of rotatable bonds is 1. The summed E-state index contributed by atoms with van der Waals surface area (Å²) in [6, 6.07) is 0. The number of hydrogen-bond acceptors (Lipinski definition) is 3. The lowest BCUT2D eigenvalue weighted by Crippen LogP contribution is -2.72. The number of carbonyl (C=O) groups excluding carboxylic acids is 1. The standard InChI is InChI=1S/C9H14N2O2/c12-8(7-1-13-2-7)11-5-9(6-11)3-10-4-9/h7,10H,1-6H2. The summed E-state index contributed by atoms with van der Waals surface area (Å²) < 4.78 is 5.01. The van der Waals surface area contributed by atoms with E-state index in [9.17, 15) is 4.79 Å². The highest BCUT2D eigenvalue weighted by Crippen LogP contribution is 2.35. The summed E-state index contributed by atoms with van der Waals surface area (Å²) in [5.74, 6) is 0.481. The normalized spacial score (nSPS) is 30.6. The number of ether oxygens (including phenoxy) is 1. The molecule has 1 spiro atoms. The minimum absolute atomic E-state index is 0.172. The average molecular weight is 182 g/mol. The van der Waals surface area contributed by atoms with Crippen molar-refractivity contribution in [2.24, 2.45) is 11.3 Å². The van der Waals surface area contributed by atoms with Crippen LogP contribution in [-0.2, 0) is 9.53 Å². The number of likely N-dealkylation sites (tertiary alicyclic amines) is 1. The summed E-state index contributed by atoms with van der Waals surface area (Å²) in [5, 5.41) is 3.26. The van der Waals surface area contributed by atoms with Crippen molar-refractivity contribution in [3.63, 3.8) is 0 Å². The molecule has 4 heteroatoms. The van der Waals surface area contributed by atoms with Crippen molar-refractivity contribution in [1.82, 2.24) is 10.2 Å². The third kappa shape index (κ3) is 1.02. The molecule has 0 bridgehead atoms. The van der Waals surface area contributed by atoms with Gasteiger partial charge in [0, 0.05) is 31.6 Å². The van der Waals surface area contributed by atoms with E-state index in [4.69, 9.17) is 4.74 Å². The zero-order valence-electron chi connectivity index (χ0n) is 7.58. The molecule has 3 fully saturated rings. The summed E-state index contributed by atoms with van der Waals surface area (Å²) in [6.45, 7) is 5.40. The molecular formula is C9H14N2O2. The molecule has 1 amide bonds. The van der Waals surface area contributed by atoms with E-state index in [2.05, 4.69) is 5.32 Å². The van der Waals surface area contributed by atoms with E-state index >= 15 is 0 Å². The van der Waals surface area contributed by atoms with Crippen LogP contribution in [0.15, 0.2) is 0 Å². The Morgan fingerprint density at radius 3 is 2.46 bits per heavy atom. The molecule has 1 N–H and O–H groups in total. The van der Waals surface area contributed by atoms with Crippen LogP contribution in [0.1, 0.15) is 0 Å². The molecule has 4 nitrogen and oxygen atoms in total. The Labute approximate surface area is 77.2 Å². The second-order valence-corrected chi connectivity index (χ2v) is 4.53. The Morgan fingerprint density at radius 2 is 2.08 bits per heavy atom. The van der Waals surface area contributed by atoms with Gasteiger partial charge in [0.1, 0.15) is 0 Å². The van der Waals surface area contributed by atoms with E-state index in [1.165, 1.54) is 0 Å². The van der Waals surface area contributed by atoms with Gasteiger partial charge in [0.25, 0.3) is 0 Å². The van der Waals surface area contributed by atoms with Crippen molar-refractivity contribution < 1.29 is 9.53 Å². The van der Waals surface area contributed by atoms with Crippen LogP contribution in [0.2, 0.25) is 0 Å². The van der Waals surface area contributed by atoms with E-state index in [0.717, 1.165) is 26.2 Å². The minimum Gasteiger partial charge on any atom is -0.380 e. The van der Waals surface area contributed by atoms with Crippen molar-refractivity contribution in [3.8, 4) is 0 Å². The average Bonchev–Trinajstić information content (AvgIpc) is 1.75. The minimum atomic E-state index is 0.172. The Morgan fingerprint density at radius 1 is 1.38 bits per heavy atom. The summed E-state index contributed by atoms with van der Waals surface area (Å²) in [7, 11) is 0. The molecule has 0 aromatic heterocycles. The Balaban J connectivity index is 1.54. The van der Waals surface area contributed by atoms with Crippen LogP contribution < -0.4 is 5.32 Å². The maximum absolute atomic E-state index is 11.7. The van der Waals surface area contributed by atoms with Crippen molar-refractivity contribution in [3.05, 3.63) is 0 Å². The molecule has 0 aromatic carbocycles. The maximum Gasteiger partial charge on any atom is 0.230 e. The predicted molar refractivity (Wildman–Crippen MR) is 46.2 cm³/mol. The first kappa shape index (κ1) is 7.76. The zero-order valence-corrected chi connectivity index (χ0v) is 7.58. The van der Waals surface area contributed by atoms with Gasteiger partial charge in [-0.3, -0.25) is 4.79 Å². The van der Waals surface area contributed by atoms with E-state index < -0.39 is 0 Å². The first-order valence-electron chi connectivity index (χ1n) is 4.86. The number of carbonyl (C=O) groups is 1. The Bertz CT molecular complexity index is 238. The van der Waals surface area contributed by atoms with Crippen LogP contribution >= 0.6 is 0 Å². The first-order valence-corrected chi connectivity index (χ1v) is 4.86. The zero-order chi connectivity index (χ0) is 8.89. The van der Waals surface area contributed by atoms with Gasteiger partial charge in [0.05, 0.1) is 19.1 Å². The molecule has 0 aromatic rings. The lowest BCUT2D eigenvalue weighted by molar-refractivity contribution is -0.164. The molecule has 3 saturated heterocycles. The highest BCUT2D eigenvalue weighted by molar-refractivity contribution is 5.80. The fourth-order valence-corrected chi connectivity index (χ4v) is 2.26. The van der Waals surface area contributed by atoms with Crippen molar-refractivity contribution in [1.29, 1.82) is 0 Å². The van der Waals surface area contributed by atoms with Gasteiger partial charge in [-0.15, -0.1) is 0 Å². The van der Waals surface area contributed by atoms with E-state index in [1.807, 2.05) is 4.90 Å². The predicted octanol–water partition coefficient (Wildman–Crippen LogP) is -0.935. The fraction of sp³-hybridized carbons (Fsp3) is 0.889. The number of hydrogen-bond donors (Lipinski definition) is 1. The van der Waals surface area contributed by atoms with Crippen molar-refractivity contribution in [2.75, 3.05) is 39.4 Å². The molecule has 0 atom stereocenters. The molecule has 0 saturated carbocycles. The third-order valence-corrected chi connectivity index (χ3v) is 3.35. The molecule has 3 rings (SSSR count). The number of nitrogens with one attached hydrogen (secondary N) is 1. The highest BCUT2D eigenvalue weighted by Gasteiger charge is 2.50. The molecule has 3 aliphatic rings. The summed E-state index contributed by atoms with van der Waals surface area (Å²) in [6.07, 6.45) is 0. The molecule has 0 aliphatic carbocycles. The Kier molecular flexibility index (Phi) is 1.46. The fourth-order valence-electron chi connectivity index (χ4n) is 2.26. The highest BCUT2D eigenvalue weighted by atomic mass is 16.5. The van der Waals surface area contributed by atoms with Crippen LogP contribution in [-0.4, -0.2) is 50.2 Å². The topological polar surface area (TPSA) is 41.6 Å². The van der Waals surface area contributed by atoms with Crippen molar-refractivity contribution in [2.45, 2.75) is 0 Å². The SMILES string of the molecule is O=C(C1COC1)N1CC2(CNC2)C1. The molecule has 3 aliphatic heterocycles. The van der Waals surface area contributed by atoms with Gasteiger partial charge < -0.3 is 15.0 Å². The van der Waals surface area contributed by atoms with Gasteiger partial charge >= 0.3 is 0 Å². The molecular weight excluding hydrogens is 168 g/mol. The van der Waals surface area contributed by atoms with Crippen LogP contribution in [0.5, 0.6) is 0 Å². The first-order chi connectivity index (χ1) is 6.29. The van der Waals surface area contributed by atoms with E-state index in [0.29, 0.717) is 24.5 Å². The van der Waals surface area contributed by atoms with Gasteiger partial charge in [0.2, 0.25) is 5.91 Å². The van der Waals surface area contributed by atoms with Crippen molar-refractivity contribution >= 4 is 5.91 Å². The van der Waals surface area contributed by atoms with Gasteiger partial charge in [-0.25, -0.2) is 0 Å². The van der Waals surface area contributed by atoms with E-state index in [-0.39, 0.29) is 5.92 Å². The van der Waals surface area contributed by atoms with Gasteiger partial charge in [-0.2, -0.15) is 0 Å².